The van der Waals surface area contributed by atoms with Gasteiger partial charge in [0.15, 0.2) is 0 Å². The van der Waals surface area contributed by atoms with Gasteiger partial charge in [0.1, 0.15) is 0 Å². The largest absolute Gasteiger partial charge is 0.305 e. The van der Waals surface area contributed by atoms with Crippen molar-refractivity contribution in [3.63, 3.8) is 0 Å². The molecule has 1 aromatic rings. The number of hydrogen-bond acceptors (Lipinski definition) is 2. The Morgan fingerprint density at radius 1 is 1.36 bits per heavy atom. The lowest BCUT2D eigenvalue weighted by atomic mass is 10.2. The third kappa shape index (κ3) is 2.95. The maximum absolute atomic E-state index is 4.26. The molecule has 0 heterocycles. The zero-order chi connectivity index (χ0) is 8.27. The van der Waals surface area contributed by atoms with Crippen LogP contribution in [0.3, 0.4) is 0 Å². The van der Waals surface area contributed by atoms with Crippen LogP contribution in [-0.4, -0.2) is 19.0 Å². The fourth-order valence-corrected chi connectivity index (χ4v) is 1.27. The Hall–Kier alpha value is -0.470. The second-order valence-corrected chi connectivity index (χ2v) is 3.42. The van der Waals surface area contributed by atoms with Crippen LogP contribution in [0.4, 0.5) is 0 Å². The number of rotatable bonds is 2. The van der Waals surface area contributed by atoms with Crippen LogP contribution in [0.5, 0.6) is 0 Å². The van der Waals surface area contributed by atoms with Crippen molar-refractivity contribution in [1.82, 2.24) is 4.90 Å². The molecule has 0 fully saturated rings. The van der Waals surface area contributed by atoms with E-state index in [0.717, 1.165) is 11.4 Å². The molecule has 0 N–H and O–H groups in total. The summed E-state index contributed by atoms with van der Waals surface area (Å²) in [5.74, 6) is 0. The van der Waals surface area contributed by atoms with Crippen LogP contribution in [-0.2, 0) is 6.54 Å². The first-order chi connectivity index (χ1) is 5.18. The maximum Gasteiger partial charge on any atom is 0.0228 e. The molecule has 60 valence electrons. The lowest BCUT2D eigenvalue weighted by molar-refractivity contribution is 0.402. The number of hydrogen-bond donors (Lipinski definition) is 1. The van der Waals surface area contributed by atoms with Gasteiger partial charge in [0.25, 0.3) is 0 Å². The molecule has 0 aliphatic rings. The van der Waals surface area contributed by atoms with Crippen molar-refractivity contribution in [3.05, 3.63) is 29.8 Å². The van der Waals surface area contributed by atoms with Crippen LogP contribution >= 0.6 is 12.6 Å². The molecule has 0 atom stereocenters. The molecule has 0 radical (unpaired) electrons. The molecule has 1 rings (SSSR count). The van der Waals surface area contributed by atoms with E-state index in [1.807, 2.05) is 12.1 Å². The molecule has 0 aliphatic carbocycles. The summed E-state index contributed by atoms with van der Waals surface area (Å²) in [4.78, 5) is 3.17. The molecule has 1 aromatic carbocycles. The smallest absolute Gasteiger partial charge is 0.0228 e. The Kier molecular flexibility index (Phi) is 2.97. The molecule has 0 bridgehead atoms. The Morgan fingerprint density at radius 2 is 2.09 bits per heavy atom. The average molecular weight is 167 g/mol. The second kappa shape index (κ2) is 3.79. The molecule has 0 aromatic heterocycles. The monoisotopic (exact) mass is 167 g/mol. The first-order valence-electron chi connectivity index (χ1n) is 3.61. The van der Waals surface area contributed by atoms with E-state index in [0.29, 0.717) is 0 Å². The maximum atomic E-state index is 4.26. The molecule has 0 aliphatic heterocycles. The summed E-state index contributed by atoms with van der Waals surface area (Å²) in [5, 5.41) is 0. The van der Waals surface area contributed by atoms with E-state index in [2.05, 4.69) is 43.8 Å². The molecule has 11 heavy (non-hydrogen) atoms. The first-order valence-corrected chi connectivity index (χ1v) is 4.06. The molecule has 0 amide bonds. The van der Waals surface area contributed by atoms with Gasteiger partial charge >= 0.3 is 0 Å². The van der Waals surface area contributed by atoms with Crippen LogP contribution < -0.4 is 0 Å². The molecule has 1 nitrogen and oxygen atoms in total. The molecule has 0 spiro atoms. The van der Waals surface area contributed by atoms with Crippen LogP contribution in [0.15, 0.2) is 29.2 Å². The number of thiol groups is 1. The van der Waals surface area contributed by atoms with E-state index in [-0.39, 0.29) is 0 Å². The van der Waals surface area contributed by atoms with Crippen LogP contribution in [0.25, 0.3) is 0 Å². The summed E-state index contributed by atoms with van der Waals surface area (Å²) in [6.45, 7) is 0.981. The molecule has 0 saturated heterocycles. The minimum absolute atomic E-state index is 0.981. The van der Waals surface area contributed by atoms with Gasteiger partial charge in [-0.05, 0) is 31.8 Å². The first kappa shape index (κ1) is 8.62. The average Bonchev–Trinajstić information content (AvgIpc) is 1.85. The molecular weight excluding hydrogens is 154 g/mol. The van der Waals surface area contributed by atoms with E-state index < -0.39 is 0 Å². The second-order valence-electron chi connectivity index (χ2n) is 2.91. The summed E-state index contributed by atoms with van der Waals surface area (Å²) < 4.78 is 0. The van der Waals surface area contributed by atoms with Crippen molar-refractivity contribution in [3.8, 4) is 0 Å². The van der Waals surface area contributed by atoms with Crippen molar-refractivity contribution in [2.24, 2.45) is 0 Å². The Balaban J connectivity index is 2.71. The van der Waals surface area contributed by atoms with Crippen molar-refractivity contribution in [2.75, 3.05) is 14.1 Å². The SMILES string of the molecule is CN(C)Cc1cccc(S)c1. The molecule has 0 unspecified atom stereocenters. The Bertz CT molecular complexity index is 233. The van der Waals surface area contributed by atoms with Gasteiger partial charge in [-0.2, -0.15) is 0 Å². The Labute approximate surface area is 73.4 Å². The van der Waals surface area contributed by atoms with Crippen molar-refractivity contribution in [2.45, 2.75) is 11.4 Å². The van der Waals surface area contributed by atoms with Gasteiger partial charge in [-0.25, -0.2) is 0 Å². The predicted molar refractivity (Wildman–Crippen MR) is 51.1 cm³/mol. The highest BCUT2D eigenvalue weighted by Crippen LogP contribution is 2.09. The lowest BCUT2D eigenvalue weighted by Crippen LogP contribution is -2.10. The van der Waals surface area contributed by atoms with Gasteiger partial charge in [0, 0.05) is 11.4 Å². The van der Waals surface area contributed by atoms with Gasteiger partial charge in [-0.1, -0.05) is 12.1 Å². The predicted octanol–water partition coefficient (Wildman–Crippen LogP) is 2.04. The summed E-state index contributed by atoms with van der Waals surface area (Å²) >= 11 is 4.26. The Morgan fingerprint density at radius 3 is 2.64 bits per heavy atom. The minimum atomic E-state index is 0.981. The van der Waals surface area contributed by atoms with Gasteiger partial charge in [0.2, 0.25) is 0 Å². The molecular formula is C9H13NS. The zero-order valence-corrected chi connectivity index (χ0v) is 7.81. The van der Waals surface area contributed by atoms with Crippen LogP contribution in [0, 0.1) is 0 Å². The van der Waals surface area contributed by atoms with Crippen molar-refractivity contribution < 1.29 is 0 Å². The summed E-state index contributed by atoms with van der Waals surface area (Å²) in [5.41, 5.74) is 1.31. The highest BCUT2D eigenvalue weighted by molar-refractivity contribution is 7.80. The van der Waals surface area contributed by atoms with E-state index in [1.165, 1.54) is 5.56 Å². The lowest BCUT2D eigenvalue weighted by Gasteiger charge is -2.09. The molecule has 0 saturated carbocycles. The van der Waals surface area contributed by atoms with E-state index >= 15 is 0 Å². The van der Waals surface area contributed by atoms with Crippen molar-refractivity contribution >= 4 is 12.6 Å². The molecule has 2 heteroatoms. The van der Waals surface area contributed by atoms with Crippen LogP contribution in [0.2, 0.25) is 0 Å². The summed E-state index contributed by atoms with van der Waals surface area (Å²) in [6.07, 6.45) is 0. The van der Waals surface area contributed by atoms with E-state index in [1.54, 1.807) is 0 Å². The summed E-state index contributed by atoms with van der Waals surface area (Å²) in [6, 6.07) is 8.21. The zero-order valence-electron chi connectivity index (χ0n) is 6.91. The fourth-order valence-electron chi connectivity index (χ4n) is 1.02. The van der Waals surface area contributed by atoms with Crippen molar-refractivity contribution in [1.29, 1.82) is 0 Å². The third-order valence-corrected chi connectivity index (χ3v) is 1.69. The third-order valence-electron chi connectivity index (χ3n) is 1.41. The topological polar surface area (TPSA) is 3.24 Å². The highest BCUT2D eigenvalue weighted by atomic mass is 32.1. The standard InChI is InChI=1S/C9H13NS/c1-10(2)7-8-4-3-5-9(11)6-8/h3-6,11H,7H2,1-2H3. The van der Waals surface area contributed by atoms with Gasteiger partial charge in [0.05, 0.1) is 0 Å². The van der Waals surface area contributed by atoms with Crippen LogP contribution in [0.1, 0.15) is 5.56 Å². The fraction of sp³-hybridized carbons (Fsp3) is 0.333. The normalized spacial score (nSPS) is 10.5. The number of nitrogens with zero attached hydrogens (tertiary/aromatic N) is 1. The van der Waals surface area contributed by atoms with E-state index in [4.69, 9.17) is 0 Å². The van der Waals surface area contributed by atoms with Gasteiger partial charge < -0.3 is 4.90 Å². The number of benzene rings is 1. The summed E-state index contributed by atoms with van der Waals surface area (Å²) in [7, 11) is 4.12. The van der Waals surface area contributed by atoms with Gasteiger partial charge in [-0.15, -0.1) is 12.6 Å². The highest BCUT2D eigenvalue weighted by Gasteiger charge is 1.93. The van der Waals surface area contributed by atoms with Gasteiger partial charge in [-0.3, -0.25) is 0 Å². The van der Waals surface area contributed by atoms with E-state index in [9.17, 15) is 0 Å². The minimum Gasteiger partial charge on any atom is -0.305 e. The quantitative estimate of drug-likeness (QED) is 0.660.